The second-order valence-electron chi connectivity index (χ2n) is 3.48. The molecule has 0 amide bonds. The van der Waals surface area contributed by atoms with Crippen LogP contribution in [0.1, 0.15) is 11.3 Å². The van der Waals surface area contributed by atoms with E-state index in [2.05, 4.69) is 10.1 Å². The zero-order valence-electron chi connectivity index (χ0n) is 9.14. The number of nitrogens with zero attached hydrogens (tertiary/aromatic N) is 3. The van der Waals surface area contributed by atoms with Gasteiger partial charge in [0.15, 0.2) is 5.75 Å². The van der Waals surface area contributed by atoms with Crippen molar-refractivity contribution in [3.05, 3.63) is 35.8 Å². The number of halogens is 1. The molecule has 0 fully saturated rings. The van der Waals surface area contributed by atoms with Gasteiger partial charge in [0, 0.05) is 24.7 Å². The molecule has 2 heterocycles. The number of aromatic nitrogens is 3. The first-order valence-electron chi connectivity index (χ1n) is 4.88. The monoisotopic (exact) mass is 237 g/mol. The van der Waals surface area contributed by atoms with Crippen molar-refractivity contribution < 1.29 is 4.74 Å². The maximum Gasteiger partial charge on any atom is 0.219 e. The van der Waals surface area contributed by atoms with Crippen LogP contribution in [-0.4, -0.2) is 14.8 Å². The summed E-state index contributed by atoms with van der Waals surface area (Å²) >= 11 is 5.75. The summed E-state index contributed by atoms with van der Waals surface area (Å²) in [6, 6.07) is 3.72. The number of alkyl halides is 1. The fourth-order valence-electron chi connectivity index (χ4n) is 1.34. The molecule has 0 saturated heterocycles. The van der Waals surface area contributed by atoms with Crippen LogP contribution >= 0.6 is 11.6 Å². The molecule has 4 nitrogen and oxygen atoms in total. The van der Waals surface area contributed by atoms with Gasteiger partial charge >= 0.3 is 0 Å². The maximum absolute atomic E-state index is 5.75. The summed E-state index contributed by atoms with van der Waals surface area (Å²) in [4.78, 5) is 4.30. The maximum atomic E-state index is 5.75. The van der Waals surface area contributed by atoms with Gasteiger partial charge in [0.1, 0.15) is 0 Å². The van der Waals surface area contributed by atoms with Gasteiger partial charge in [-0.2, -0.15) is 5.10 Å². The second-order valence-corrected chi connectivity index (χ2v) is 3.75. The van der Waals surface area contributed by atoms with Crippen molar-refractivity contribution in [1.29, 1.82) is 0 Å². The van der Waals surface area contributed by atoms with E-state index >= 15 is 0 Å². The van der Waals surface area contributed by atoms with E-state index in [1.54, 1.807) is 23.1 Å². The molecule has 2 rings (SSSR count). The van der Waals surface area contributed by atoms with Crippen LogP contribution in [0.3, 0.4) is 0 Å². The summed E-state index contributed by atoms with van der Waals surface area (Å²) < 4.78 is 7.22. The molecule has 2 aromatic rings. The number of aryl methyl sites for hydroxylation is 2. The normalized spacial score (nSPS) is 10.4. The largest absolute Gasteiger partial charge is 0.436 e. The highest BCUT2D eigenvalue weighted by atomic mass is 35.5. The number of hydrogen-bond acceptors (Lipinski definition) is 3. The smallest absolute Gasteiger partial charge is 0.219 e. The van der Waals surface area contributed by atoms with E-state index in [-0.39, 0.29) is 0 Å². The number of rotatable bonds is 3. The molecule has 5 heteroatoms. The molecular formula is C11H12ClN3O. The lowest BCUT2D eigenvalue weighted by atomic mass is 10.2. The highest BCUT2D eigenvalue weighted by Crippen LogP contribution is 2.20. The number of pyridine rings is 1. The van der Waals surface area contributed by atoms with Gasteiger partial charge in [-0.25, -0.2) is 4.98 Å². The fraction of sp³-hybridized carbons (Fsp3) is 0.273. The Labute approximate surface area is 98.8 Å². The lowest BCUT2D eigenvalue weighted by molar-refractivity contribution is 0.460. The molecule has 0 N–H and O–H groups in total. The zero-order valence-corrected chi connectivity index (χ0v) is 9.90. The summed E-state index contributed by atoms with van der Waals surface area (Å²) in [5.41, 5.74) is 1.90. The first-order valence-corrected chi connectivity index (χ1v) is 5.41. The van der Waals surface area contributed by atoms with Crippen LogP contribution in [0, 0.1) is 6.92 Å². The van der Waals surface area contributed by atoms with Gasteiger partial charge in [-0.1, -0.05) is 6.07 Å². The van der Waals surface area contributed by atoms with Crippen molar-refractivity contribution in [3.63, 3.8) is 0 Å². The first-order chi connectivity index (χ1) is 7.69. The van der Waals surface area contributed by atoms with E-state index in [1.807, 2.05) is 20.0 Å². The quantitative estimate of drug-likeness (QED) is 0.771. The van der Waals surface area contributed by atoms with E-state index in [1.165, 1.54) is 0 Å². The summed E-state index contributed by atoms with van der Waals surface area (Å²) in [5.74, 6) is 1.69. The Kier molecular flexibility index (Phi) is 3.10. The molecule has 0 saturated carbocycles. The highest BCUT2D eigenvalue weighted by molar-refractivity contribution is 6.17. The topological polar surface area (TPSA) is 39.9 Å². The van der Waals surface area contributed by atoms with Crippen molar-refractivity contribution in [1.82, 2.24) is 14.8 Å². The second kappa shape index (κ2) is 4.53. The van der Waals surface area contributed by atoms with E-state index in [0.717, 1.165) is 11.3 Å². The molecule has 0 bridgehead atoms. The number of ether oxygens (including phenoxy) is 1. The van der Waals surface area contributed by atoms with Gasteiger partial charge in [0.25, 0.3) is 0 Å². The van der Waals surface area contributed by atoms with Crippen LogP contribution in [0.5, 0.6) is 11.6 Å². The molecule has 0 spiro atoms. The Hall–Kier alpha value is -1.55. The van der Waals surface area contributed by atoms with Crippen LogP contribution in [0.25, 0.3) is 0 Å². The molecule has 0 aromatic carbocycles. The highest BCUT2D eigenvalue weighted by Gasteiger charge is 2.04. The molecule has 0 aliphatic carbocycles. The Bertz CT molecular complexity index is 496. The summed E-state index contributed by atoms with van der Waals surface area (Å²) in [7, 11) is 1.84. The van der Waals surface area contributed by atoms with Gasteiger partial charge < -0.3 is 4.74 Å². The van der Waals surface area contributed by atoms with Gasteiger partial charge in [0.2, 0.25) is 5.88 Å². The lowest BCUT2D eigenvalue weighted by Gasteiger charge is -2.05. The SMILES string of the molecule is Cc1nc(Oc2cnn(C)c2)ccc1CCl. The molecule has 0 radical (unpaired) electrons. The van der Waals surface area contributed by atoms with Gasteiger partial charge in [0.05, 0.1) is 12.4 Å². The van der Waals surface area contributed by atoms with Crippen LogP contribution in [0.4, 0.5) is 0 Å². The van der Waals surface area contributed by atoms with E-state index in [9.17, 15) is 0 Å². The van der Waals surface area contributed by atoms with E-state index in [4.69, 9.17) is 16.3 Å². The zero-order chi connectivity index (χ0) is 11.5. The molecule has 16 heavy (non-hydrogen) atoms. The minimum absolute atomic E-state index is 0.464. The van der Waals surface area contributed by atoms with Crippen LogP contribution < -0.4 is 4.74 Å². The van der Waals surface area contributed by atoms with E-state index < -0.39 is 0 Å². The third-order valence-corrected chi connectivity index (χ3v) is 2.51. The average Bonchev–Trinajstić information content (AvgIpc) is 2.64. The molecule has 84 valence electrons. The predicted octanol–water partition coefficient (Wildman–Crippen LogP) is 2.65. The standard InChI is InChI=1S/C11H12ClN3O/c1-8-9(5-12)3-4-11(14-8)16-10-6-13-15(2)7-10/h3-4,6-7H,5H2,1-2H3. The molecule has 0 aliphatic rings. The first kappa shape index (κ1) is 11.0. The average molecular weight is 238 g/mol. The van der Waals surface area contributed by atoms with Crippen molar-refractivity contribution in [2.24, 2.45) is 7.05 Å². The van der Waals surface area contributed by atoms with Crippen molar-refractivity contribution in [2.75, 3.05) is 0 Å². The summed E-state index contributed by atoms with van der Waals surface area (Å²) in [6.07, 6.45) is 3.43. The summed E-state index contributed by atoms with van der Waals surface area (Å²) in [5, 5.41) is 4.01. The Morgan fingerprint density at radius 2 is 2.25 bits per heavy atom. The Morgan fingerprint density at radius 1 is 1.44 bits per heavy atom. The van der Waals surface area contributed by atoms with Gasteiger partial charge in [-0.3, -0.25) is 4.68 Å². The summed E-state index contributed by atoms with van der Waals surface area (Å²) in [6.45, 7) is 1.91. The number of hydrogen-bond donors (Lipinski definition) is 0. The third-order valence-electron chi connectivity index (χ3n) is 2.22. The molecule has 0 atom stereocenters. The van der Waals surface area contributed by atoms with Gasteiger partial charge in [-0.15, -0.1) is 11.6 Å². The van der Waals surface area contributed by atoms with Gasteiger partial charge in [-0.05, 0) is 12.5 Å². The van der Waals surface area contributed by atoms with Crippen molar-refractivity contribution in [3.8, 4) is 11.6 Å². The van der Waals surface area contributed by atoms with Crippen LogP contribution in [0.2, 0.25) is 0 Å². The Balaban J connectivity index is 2.19. The molecule has 2 aromatic heterocycles. The fourth-order valence-corrected chi connectivity index (χ4v) is 1.62. The molecular weight excluding hydrogens is 226 g/mol. The lowest BCUT2D eigenvalue weighted by Crippen LogP contribution is -1.93. The predicted molar refractivity (Wildman–Crippen MR) is 61.8 cm³/mol. The van der Waals surface area contributed by atoms with E-state index in [0.29, 0.717) is 17.5 Å². The van der Waals surface area contributed by atoms with Crippen LogP contribution in [0.15, 0.2) is 24.5 Å². The third kappa shape index (κ3) is 2.33. The minimum Gasteiger partial charge on any atom is -0.436 e. The molecule has 0 unspecified atom stereocenters. The van der Waals surface area contributed by atoms with Crippen molar-refractivity contribution >= 4 is 11.6 Å². The van der Waals surface area contributed by atoms with Crippen LogP contribution in [-0.2, 0) is 12.9 Å². The molecule has 0 aliphatic heterocycles. The van der Waals surface area contributed by atoms with Crippen molar-refractivity contribution in [2.45, 2.75) is 12.8 Å². The Morgan fingerprint density at radius 3 is 2.81 bits per heavy atom. The minimum atomic E-state index is 0.464.